The Kier molecular flexibility index (Phi) is 2.63. The lowest BCUT2D eigenvalue weighted by Crippen LogP contribution is -2.39. The van der Waals surface area contributed by atoms with E-state index in [1.54, 1.807) is 6.07 Å². The second kappa shape index (κ2) is 4.31. The van der Waals surface area contributed by atoms with Crippen LogP contribution in [0.25, 0.3) is 11.0 Å². The van der Waals surface area contributed by atoms with Crippen molar-refractivity contribution in [3.05, 3.63) is 29.6 Å². The van der Waals surface area contributed by atoms with Crippen LogP contribution < -0.4 is 5.73 Å². The lowest BCUT2D eigenvalue weighted by Gasteiger charge is -2.36. The summed E-state index contributed by atoms with van der Waals surface area (Å²) in [7, 11) is 2.19. The number of nitrogens with zero attached hydrogens (tertiary/aromatic N) is 2. The number of nitrogens with one attached hydrogen (secondary N) is 1. The zero-order chi connectivity index (χ0) is 14.6. The number of hydrogen-bond donors (Lipinski definition) is 2. The monoisotopic (exact) mass is 284 g/mol. The van der Waals surface area contributed by atoms with Crippen molar-refractivity contribution in [1.29, 1.82) is 0 Å². The summed E-state index contributed by atoms with van der Waals surface area (Å²) in [5.41, 5.74) is 7.58. The zero-order valence-corrected chi connectivity index (χ0v) is 12.2. The minimum Gasteiger partial charge on any atom is -0.366 e. The van der Waals surface area contributed by atoms with Gasteiger partial charge in [0.05, 0.1) is 16.6 Å². The average molecular weight is 284 g/mol. The van der Waals surface area contributed by atoms with E-state index in [1.165, 1.54) is 12.8 Å². The molecule has 2 heterocycles. The van der Waals surface area contributed by atoms with E-state index in [0.717, 1.165) is 36.6 Å². The molecule has 2 atom stereocenters. The number of primary amides is 1. The molecule has 110 valence electrons. The molecule has 1 aromatic carbocycles. The maximum atomic E-state index is 11.6. The maximum absolute atomic E-state index is 11.6. The van der Waals surface area contributed by atoms with Gasteiger partial charge in [0.15, 0.2) is 0 Å². The van der Waals surface area contributed by atoms with Gasteiger partial charge in [-0.2, -0.15) is 0 Å². The highest BCUT2D eigenvalue weighted by Gasteiger charge is 2.49. The van der Waals surface area contributed by atoms with Crippen molar-refractivity contribution < 1.29 is 4.79 Å². The Morgan fingerprint density at radius 3 is 3.19 bits per heavy atom. The first-order chi connectivity index (χ1) is 10.1. The van der Waals surface area contributed by atoms with E-state index >= 15 is 0 Å². The molecule has 4 rings (SSSR count). The number of benzene rings is 1. The van der Waals surface area contributed by atoms with Gasteiger partial charge in [-0.3, -0.25) is 9.69 Å². The molecule has 5 heteroatoms. The number of para-hydroxylation sites is 1. The predicted molar refractivity (Wildman–Crippen MR) is 80.9 cm³/mol. The number of rotatable bonds is 2. The summed E-state index contributed by atoms with van der Waals surface area (Å²) in [5.74, 6) is 1.35. The summed E-state index contributed by atoms with van der Waals surface area (Å²) in [6, 6.07) is 5.56. The molecule has 2 bridgehead atoms. The van der Waals surface area contributed by atoms with Crippen molar-refractivity contribution in [2.75, 3.05) is 13.6 Å². The minimum atomic E-state index is -0.419. The molecular weight excluding hydrogens is 264 g/mol. The summed E-state index contributed by atoms with van der Waals surface area (Å²) in [6.07, 6.45) is 4.86. The standard InChI is InChI=1S/C16H20N4O/c1-20-9-10-4-3-7-16(20,8-10)15-18-12-6-2-5-11(14(17)21)13(12)19-15/h2,5-6,10H,3-4,7-9H2,1H3,(H2,17,21)(H,18,19). The van der Waals surface area contributed by atoms with Crippen LogP contribution in [-0.2, 0) is 5.54 Å². The van der Waals surface area contributed by atoms with Gasteiger partial charge < -0.3 is 10.7 Å². The zero-order valence-electron chi connectivity index (χ0n) is 12.2. The van der Waals surface area contributed by atoms with E-state index in [4.69, 9.17) is 10.7 Å². The third-order valence-corrected chi connectivity index (χ3v) is 5.31. The van der Waals surface area contributed by atoms with Gasteiger partial charge in [0.2, 0.25) is 0 Å². The van der Waals surface area contributed by atoms with Gasteiger partial charge in [0, 0.05) is 6.54 Å². The number of aromatic nitrogens is 2. The predicted octanol–water partition coefficient (Wildman–Crippen LogP) is 1.99. The van der Waals surface area contributed by atoms with Gasteiger partial charge in [-0.15, -0.1) is 0 Å². The quantitative estimate of drug-likeness (QED) is 0.885. The van der Waals surface area contributed by atoms with Crippen LogP contribution in [0.15, 0.2) is 18.2 Å². The summed E-state index contributed by atoms with van der Waals surface area (Å²) >= 11 is 0. The Morgan fingerprint density at radius 1 is 1.52 bits per heavy atom. The SMILES string of the molecule is CN1CC2CCCC1(c1nc3c(C(N)=O)cccc3[nH]1)C2. The van der Waals surface area contributed by atoms with Gasteiger partial charge in [0.25, 0.3) is 5.91 Å². The topological polar surface area (TPSA) is 75.0 Å². The smallest absolute Gasteiger partial charge is 0.250 e. The van der Waals surface area contributed by atoms with Gasteiger partial charge in [-0.25, -0.2) is 4.98 Å². The molecule has 2 unspecified atom stereocenters. The molecular formula is C16H20N4O. The fourth-order valence-corrected chi connectivity index (χ4v) is 4.28. The number of imidazole rings is 1. The largest absolute Gasteiger partial charge is 0.366 e. The van der Waals surface area contributed by atoms with Crippen LogP contribution in [0.2, 0.25) is 0 Å². The van der Waals surface area contributed by atoms with Gasteiger partial charge >= 0.3 is 0 Å². The lowest BCUT2D eigenvalue weighted by atomic mass is 9.79. The van der Waals surface area contributed by atoms with Crippen LogP contribution in [0.1, 0.15) is 41.9 Å². The average Bonchev–Trinajstić information content (AvgIpc) is 2.99. The Morgan fingerprint density at radius 2 is 2.38 bits per heavy atom. The number of nitrogens with two attached hydrogens (primary N) is 1. The molecule has 0 spiro atoms. The molecule has 1 saturated heterocycles. The summed E-state index contributed by atoms with van der Waals surface area (Å²) in [4.78, 5) is 22.2. The van der Waals surface area contributed by atoms with Crippen LogP contribution in [-0.4, -0.2) is 34.4 Å². The van der Waals surface area contributed by atoms with E-state index in [2.05, 4.69) is 16.9 Å². The highest BCUT2D eigenvalue weighted by Crippen LogP contribution is 2.48. The number of amides is 1. The molecule has 2 fully saturated rings. The summed E-state index contributed by atoms with van der Waals surface area (Å²) in [5, 5.41) is 0. The van der Waals surface area contributed by atoms with Gasteiger partial charge in [-0.1, -0.05) is 12.5 Å². The second-order valence-electron chi connectivity index (χ2n) is 6.53. The first-order valence-electron chi connectivity index (χ1n) is 7.60. The Bertz CT molecular complexity index is 722. The fraction of sp³-hybridized carbons (Fsp3) is 0.500. The van der Waals surface area contributed by atoms with E-state index in [9.17, 15) is 4.79 Å². The molecule has 2 aromatic rings. The molecule has 3 N–H and O–H groups in total. The van der Waals surface area contributed by atoms with Crippen molar-refractivity contribution in [2.45, 2.75) is 31.2 Å². The number of carbonyl (C=O) groups excluding carboxylic acids is 1. The van der Waals surface area contributed by atoms with Crippen molar-refractivity contribution >= 4 is 16.9 Å². The van der Waals surface area contributed by atoms with Gasteiger partial charge in [0.1, 0.15) is 11.3 Å². The van der Waals surface area contributed by atoms with E-state index < -0.39 is 5.91 Å². The van der Waals surface area contributed by atoms with E-state index in [0.29, 0.717) is 11.1 Å². The highest BCUT2D eigenvalue weighted by molar-refractivity contribution is 6.04. The number of aromatic amines is 1. The highest BCUT2D eigenvalue weighted by atomic mass is 16.1. The van der Waals surface area contributed by atoms with E-state index in [1.807, 2.05) is 12.1 Å². The van der Waals surface area contributed by atoms with Crippen molar-refractivity contribution in [2.24, 2.45) is 11.7 Å². The number of carbonyl (C=O) groups is 1. The summed E-state index contributed by atoms with van der Waals surface area (Å²) in [6.45, 7) is 1.14. The van der Waals surface area contributed by atoms with Crippen LogP contribution in [0.3, 0.4) is 0 Å². The molecule has 1 aliphatic heterocycles. The van der Waals surface area contributed by atoms with Crippen LogP contribution in [0.4, 0.5) is 0 Å². The Balaban J connectivity index is 1.88. The molecule has 0 radical (unpaired) electrons. The first kappa shape index (κ1) is 12.8. The van der Waals surface area contributed by atoms with Gasteiger partial charge in [-0.05, 0) is 44.4 Å². The second-order valence-corrected chi connectivity index (χ2v) is 6.53. The minimum absolute atomic E-state index is 0.0108. The molecule has 1 aliphatic carbocycles. The van der Waals surface area contributed by atoms with Crippen molar-refractivity contribution in [1.82, 2.24) is 14.9 Å². The Labute approximate surface area is 123 Å². The fourth-order valence-electron chi connectivity index (χ4n) is 4.28. The van der Waals surface area contributed by atoms with Crippen LogP contribution >= 0.6 is 0 Å². The van der Waals surface area contributed by atoms with E-state index in [-0.39, 0.29) is 5.54 Å². The molecule has 1 aromatic heterocycles. The molecule has 21 heavy (non-hydrogen) atoms. The first-order valence-corrected chi connectivity index (χ1v) is 7.60. The van der Waals surface area contributed by atoms with Crippen molar-refractivity contribution in [3.63, 3.8) is 0 Å². The number of fused-ring (bicyclic) bond motifs is 3. The molecule has 1 saturated carbocycles. The van der Waals surface area contributed by atoms with Crippen LogP contribution in [0.5, 0.6) is 0 Å². The normalized spacial score (nSPS) is 29.1. The maximum Gasteiger partial charge on any atom is 0.250 e. The molecule has 2 aliphatic rings. The number of likely N-dealkylation sites (tertiary alicyclic amines) is 1. The lowest BCUT2D eigenvalue weighted by molar-refractivity contribution is 0.100. The van der Waals surface area contributed by atoms with Crippen LogP contribution in [0, 0.1) is 5.92 Å². The molecule has 5 nitrogen and oxygen atoms in total. The summed E-state index contributed by atoms with van der Waals surface area (Å²) < 4.78 is 0. The Hall–Kier alpha value is -1.88. The number of H-pyrrole nitrogens is 1. The number of hydrogen-bond acceptors (Lipinski definition) is 3. The third kappa shape index (κ3) is 1.73. The third-order valence-electron chi connectivity index (χ3n) is 5.31. The van der Waals surface area contributed by atoms with Crippen molar-refractivity contribution in [3.8, 4) is 0 Å². The molecule has 1 amide bonds.